The van der Waals surface area contributed by atoms with Crippen molar-refractivity contribution in [1.82, 2.24) is 4.90 Å². The Morgan fingerprint density at radius 2 is 1.75 bits per heavy atom. The van der Waals surface area contributed by atoms with Crippen LogP contribution in [0.3, 0.4) is 0 Å². The molecule has 0 bridgehead atoms. The zero-order valence-corrected chi connectivity index (χ0v) is 17.7. The van der Waals surface area contributed by atoms with Crippen LogP contribution < -0.4 is 5.32 Å². The van der Waals surface area contributed by atoms with Crippen molar-refractivity contribution in [3.8, 4) is 0 Å². The number of benzene rings is 1. The summed E-state index contributed by atoms with van der Waals surface area (Å²) in [7, 11) is 1.98. The van der Waals surface area contributed by atoms with Crippen molar-refractivity contribution in [2.24, 2.45) is 5.92 Å². The lowest BCUT2D eigenvalue weighted by Crippen LogP contribution is -2.39. The van der Waals surface area contributed by atoms with Gasteiger partial charge in [-0.15, -0.1) is 0 Å². The minimum atomic E-state index is -0.205. The van der Waals surface area contributed by atoms with E-state index in [1.54, 1.807) is 6.07 Å². The van der Waals surface area contributed by atoms with Gasteiger partial charge in [-0.25, -0.2) is 4.39 Å². The summed E-state index contributed by atoms with van der Waals surface area (Å²) in [5.41, 5.74) is 1.94. The summed E-state index contributed by atoms with van der Waals surface area (Å²) in [4.78, 5) is 14.8. The largest absolute Gasteiger partial charge is 0.382 e. The van der Waals surface area contributed by atoms with Gasteiger partial charge < -0.3 is 10.2 Å². The molecule has 0 spiro atoms. The monoisotopic (exact) mass is 388 g/mol. The van der Waals surface area contributed by atoms with Crippen molar-refractivity contribution in [3.05, 3.63) is 29.6 Å². The summed E-state index contributed by atoms with van der Waals surface area (Å²) in [6, 6.07) is 5.61. The van der Waals surface area contributed by atoms with E-state index in [-0.39, 0.29) is 17.8 Å². The highest BCUT2D eigenvalue weighted by atomic mass is 19.1. The maximum absolute atomic E-state index is 13.8. The fourth-order valence-corrected chi connectivity index (χ4v) is 5.04. The van der Waals surface area contributed by atoms with Gasteiger partial charge >= 0.3 is 0 Å². The second kappa shape index (κ2) is 10.3. The molecule has 1 aromatic rings. The van der Waals surface area contributed by atoms with Crippen LogP contribution in [-0.2, 0) is 4.79 Å². The van der Waals surface area contributed by atoms with Gasteiger partial charge in [-0.05, 0) is 62.6 Å². The van der Waals surface area contributed by atoms with Crippen LogP contribution in [-0.4, -0.2) is 29.9 Å². The highest BCUT2D eigenvalue weighted by molar-refractivity contribution is 5.76. The highest BCUT2D eigenvalue weighted by Gasteiger charge is 2.27. The van der Waals surface area contributed by atoms with E-state index in [0.717, 1.165) is 30.5 Å². The number of nitrogens with one attached hydrogen (secondary N) is 1. The molecule has 1 N–H and O–H groups in total. The zero-order valence-electron chi connectivity index (χ0n) is 17.7. The minimum Gasteiger partial charge on any atom is -0.382 e. The number of amides is 1. The molecule has 1 amide bonds. The average Bonchev–Trinajstić information content (AvgIpc) is 2.74. The van der Waals surface area contributed by atoms with E-state index in [0.29, 0.717) is 18.4 Å². The minimum absolute atomic E-state index is 0.205. The molecule has 2 fully saturated rings. The van der Waals surface area contributed by atoms with Crippen molar-refractivity contribution >= 4 is 11.6 Å². The number of nitrogens with zero attached hydrogens (tertiary/aromatic N) is 1. The van der Waals surface area contributed by atoms with Crippen molar-refractivity contribution in [2.45, 2.75) is 96.1 Å². The van der Waals surface area contributed by atoms with Crippen LogP contribution in [0, 0.1) is 18.7 Å². The first-order chi connectivity index (χ1) is 13.5. The molecule has 0 radical (unpaired) electrons. The Balaban J connectivity index is 1.63. The number of hydrogen-bond acceptors (Lipinski definition) is 2. The van der Waals surface area contributed by atoms with Crippen molar-refractivity contribution in [1.29, 1.82) is 0 Å². The lowest BCUT2D eigenvalue weighted by molar-refractivity contribution is -0.132. The molecule has 3 rings (SSSR count). The van der Waals surface area contributed by atoms with E-state index < -0.39 is 0 Å². The summed E-state index contributed by atoms with van der Waals surface area (Å²) in [5.74, 6) is 0.637. The summed E-state index contributed by atoms with van der Waals surface area (Å²) in [6.45, 7) is 2.02. The molecular weight excluding hydrogens is 351 g/mol. The third-order valence-corrected chi connectivity index (χ3v) is 6.94. The van der Waals surface area contributed by atoms with E-state index in [2.05, 4.69) is 5.32 Å². The average molecular weight is 389 g/mol. The first kappa shape index (κ1) is 21.1. The lowest BCUT2D eigenvalue weighted by Gasteiger charge is -2.34. The van der Waals surface area contributed by atoms with Crippen molar-refractivity contribution < 1.29 is 9.18 Å². The molecule has 0 aliphatic heterocycles. The van der Waals surface area contributed by atoms with Gasteiger partial charge in [0.2, 0.25) is 5.91 Å². The molecule has 0 aromatic heterocycles. The van der Waals surface area contributed by atoms with Crippen molar-refractivity contribution in [2.75, 3.05) is 12.4 Å². The lowest BCUT2D eigenvalue weighted by atomic mass is 9.82. The number of aryl methyl sites for hydroxylation is 1. The number of rotatable bonds is 7. The summed E-state index contributed by atoms with van der Waals surface area (Å²) >= 11 is 0. The zero-order chi connectivity index (χ0) is 19.9. The topological polar surface area (TPSA) is 32.3 Å². The van der Waals surface area contributed by atoms with Crippen molar-refractivity contribution in [3.63, 3.8) is 0 Å². The molecule has 28 heavy (non-hydrogen) atoms. The fraction of sp³-hybridized carbons (Fsp3) is 0.708. The Hall–Kier alpha value is -1.58. The number of hydrogen-bond donors (Lipinski definition) is 1. The van der Waals surface area contributed by atoms with Gasteiger partial charge in [0.25, 0.3) is 0 Å². The SMILES string of the molecule is Cc1ccc(F)cc1NC(CCC(=O)N(C)C1CCCCC1)C1CCCCC1. The van der Waals surface area contributed by atoms with Crippen LogP contribution in [0.15, 0.2) is 18.2 Å². The second-order valence-electron chi connectivity index (χ2n) is 8.94. The molecule has 4 heteroatoms. The molecule has 156 valence electrons. The van der Waals surface area contributed by atoms with Gasteiger partial charge in [0.15, 0.2) is 0 Å². The standard InChI is InChI=1S/C24H37FN2O/c1-18-13-14-20(25)17-23(18)26-22(19-9-5-3-6-10-19)15-16-24(28)27(2)21-11-7-4-8-12-21/h13-14,17,19,21-22,26H,3-12,15-16H2,1-2H3. The molecule has 2 aliphatic carbocycles. The van der Waals surface area contributed by atoms with Crippen LogP contribution in [0.1, 0.15) is 82.6 Å². The third kappa shape index (κ3) is 5.71. The van der Waals surface area contributed by atoms with Crippen LogP contribution in [0.5, 0.6) is 0 Å². The number of halogens is 1. The van der Waals surface area contributed by atoms with Gasteiger partial charge in [0.05, 0.1) is 0 Å². The number of anilines is 1. The molecule has 0 heterocycles. The van der Waals surface area contributed by atoms with E-state index in [1.807, 2.05) is 24.9 Å². The Labute approximate surface area is 170 Å². The molecule has 2 aliphatic rings. The quantitative estimate of drug-likeness (QED) is 0.615. The first-order valence-corrected chi connectivity index (χ1v) is 11.3. The Kier molecular flexibility index (Phi) is 7.75. The summed E-state index contributed by atoms with van der Waals surface area (Å²) in [5, 5.41) is 3.62. The van der Waals surface area contributed by atoms with Gasteiger partial charge in [-0.1, -0.05) is 44.6 Å². The van der Waals surface area contributed by atoms with E-state index >= 15 is 0 Å². The molecule has 2 saturated carbocycles. The maximum atomic E-state index is 13.8. The highest BCUT2D eigenvalue weighted by Crippen LogP contribution is 2.31. The molecule has 3 nitrogen and oxygen atoms in total. The Bertz CT molecular complexity index is 635. The van der Waals surface area contributed by atoms with Crippen LogP contribution >= 0.6 is 0 Å². The third-order valence-electron chi connectivity index (χ3n) is 6.94. The smallest absolute Gasteiger partial charge is 0.222 e. The number of carbonyl (C=O) groups excluding carboxylic acids is 1. The Morgan fingerprint density at radius 3 is 2.43 bits per heavy atom. The normalized spacial score (nSPS) is 20.0. The molecule has 0 saturated heterocycles. The van der Waals surface area contributed by atoms with E-state index in [9.17, 15) is 9.18 Å². The molecule has 1 aromatic carbocycles. The Morgan fingerprint density at radius 1 is 1.11 bits per heavy atom. The fourth-order valence-electron chi connectivity index (χ4n) is 5.04. The van der Waals surface area contributed by atoms with Gasteiger partial charge in [0.1, 0.15) is 5.82 Å². The number of carbonyl (C=O) groups is 1. The molecule has 1 unspecified atom stereocenters. The first-order valence-electron chi connectivity index (χ1n) is 11.3. The second-order valence-corrected chi connectivity index (χ2v) is 8.94. The van der Waals surface area contributed by atoms with Crippen LogP contribution in [0.2, 0.25) is 0 Å². The van der Waals surface area contributed by atoms with Crippen LogP contribution in [0.25, 0.3) is 0 Å². The maximum Gasteiger partial charge on any atom is 0.222 e. The predicted molar refractivity (Wildman–Crippen MR) is 114 cm³/mol. The van der Waals surface area contributed by atoms with Gasteiger partial charge in [-0.2, -0.15) is 0 Å². The van der Waals surface area contributed by atoms with E-state index in [1.165, 1.54) is 57.4 Å². The van der Waals surface area contributed by atoms with Gasteiger partial charge in [-0.3, -0.25) is 4.79 Å². The van der Waals surface area contributed by atoms with E-state index in [4.69, 9.17) is 0 Å². The summed E-state index contributed by atoms with van der Waals surface area (Å²) in [6.07, 6.45) is 13.8. The van der Waals surface area contributed by atoms with Gasteiger partial charge in [0, 0.05) is 31.2 Å². The van der Waals surface area contributed by atoms with Crippen LogP contribution in [0.4, 0.5) is 10.1 Å². The summed E-state index contributed by atoms with van der Waals surface area (Å²) < 4.78 is 13.8. The molecular formula is C24H37FN2O. The predicted octanol–water partition coefficient (Wildman–Crippen LogP) is 6.07. The molecule has 1 atom stereocenters.